The molecule has 0 aliphatic carbocycles. The minimum absolute atomic E-state index is 0.732. The van der Waals surface area contributed by atoms with Crippen LogP contribution in [-0.4, -0.2) is 0 Å². The highest BCUT2D eigenvalue weighted by atomic mass is 35.5. The van der Waals surface area contributed by atoms with Crippen LogP contribution >= 0.6 is 11.6 Å². The Hall–Kier alpha value is -2.25. The summed E-state index contributed by atoms with van der Waals surface area (Å²) in [6.07, 6.45) is 0. The van der Waals surface area contributed by atoms with Crippen LogP contribution in [-0.2, 0) is 0 Å². The molecule has 0 aliphatic rings. The van der Waals surface area contributed by atoms with Crippen LogP contribution in [0.4, 0.5) is 0 Å². The molecule has 4 aromatic rings. The van der Waals surface area contributed by atoms with Crippen molar-refractivity contribution in [2.45, 2.75) is 0 Å². The summed E-state index contributed by atoms with van der Waals surface area (Å²) >= 11 is 5.92. The maximum atomic E-state index is 5.96. The molecule has 0 saturated heterocycles. The fraction of sp³-hybridized carbons (Fsp3) is 0. The summed E-state index contributed by atoms with van der Waals surface area (Å²) in [5.41, 5.74) is 1.95. The van der Waals surface area contributed by atoms with Crippen molar-refractivity contribution in [3.05, 3.63) is 71.8 Å². The van der Waals surface area contributed by atoms with E-state index in [1.165, 1.54) is 10.8 Å². The average Bonchev–Trinajstić information content (AvgIpc) is 2.88. The average molecular weight is 279 g/mol. The Kier molecular flexibility index (Phi) is 2.54. The van der Waals surface area contributed by atoms with E-state index in [1.807, 2.05) is 36.4 Å². The SMILES string of the molecule is Clc1ccc(-c2cc3cc4ccccc4cc3o2)cc1. The molecule has 96 valence electrons. The lowest BCUT2D eigenvalue weighted by Crippen LogP contribution is -1.71. The Morgan fingerprint density at radius 3 is 2.15 bits per heavy atom. The Labute approximate surface area is 121 Å². The molecule has 3 aromatic carbocycles. The van der Waals surface area contributed by atoms with Gasteiger partial charge in [0.1, 0.15) is 11.3 Å². The molecule has 0 radical (unpaired) electrons. The van der Waals surface area contributed by atoms with Crippen LogP contribution in [0, 0.1) is 0 Å². The van der Waals surface area contributed by atoms with Crippen LogP contribution in [0.15, 0.2) is 71.1 Å². The van der Waals surface area contributed by atoms with Gasteiger partial charge < -0.3 is 4.42 Å². The Morgan fingerprint density at radius 2 is 1.40 bits per heavy atom. The van der Waals surface area contributed by atoms with Gasteiger partial charge in [-0.05, 0) is 53.2 Å². The molecular formula is C18H11ClO. The monoisotopic (exact) mass is 278 g/mol. The quantitative estimate of drug-likeness (QED) is 0.422. The first-order chi connectivity index (χ1) is 9.79. The van der Waals surface area contributed by atoms with Gasteiger partial charge in [0, 0.05) is 16.0 Å². The van der Waals surface area contributed by atoms with Crippen molar-refractivity contribution in [3.8, 4) is 11.3 Å². The number of rotatable bonds is 1. The van der Waals surface area contributed by atoms with E-state index in [0.717, 1.165) is 27.3 Å². The van der Waals surface area contributed by atoms with Gasteiger partial charge in [-0.2, -0.15) is 0 Å². The molecule has 4 rings (SSSR count). The molecule has 0 spiro atoms. The molecular weight excluding hydrogens is 268 g/mol. The zero-order chi connectivity index (χ0) is 13.5. The number of furan rings is 1. The summed E-state index contributed by atoms with van der Waals surface area (Å²) in [6, 6.07) is 22.3. The normalized spacial score (nSPS) is 11.2. The maximum absolute atomic E-state index is 5.96. The van der Waals surface area contributed by atoms with Crippen LogP contribution in [0.1, 0.15) is 0 Å². The summed E-state index contributed by atoms with van der Waals surface area (Å²) in [5, 5.41) is 4.27. The summed E-state index contributed by atoms with van der Waals surface area (Å²) in [4.78, 5) is 0. The predicted octanol–water partition coefficient (Wildman–Crippen LogP) is 5.91. The van der Waals surface area contributed by atoms with Gasteiger partial charge in [-0.25, -0.2) is 0 Å². The van der Waals surface area contributed by atoms with Crippen molar-refractivity contribution < 1.29 is 4.42 Å². The van der Waals surface area contributed by atoms with E-state index in [2.05, 4.69) is 30.3 Å². The van der Waals surface area contributed by atoms with Gasteiger partial charge in [-0.3, -0.25) is 0 Å². The minimum atomic E-state index is 0.732. The van der Waals surface area contributed by atoms with Crippen molar-refractivity contribution >= 4 is 33.3 Å². The van der Waals surface area contributed by atoms with Crippen molar-refractivity contribution in [2.75, 3.05) is 0 Å². The number of halogens is 1. The second-order valence-corrected chi connectivity index (χ2v) is 5.29. The third-order valence-electron chi connectivity index (χ3n) is 3.51. The number of fused-ring (bicyclic) bond motifs is 2. The first-order valence-corrected chi connectivity index (χ1v) is 6.86. The molecule has 0 aliphatic heterocycles. The Balaban J connectivity index is 1.93. The standard InChI is InChI=1S/C18H11ClO/c19-16-7-5-12(6-8-16)17-11-15-9-13-3-1-2-4-14(13)10-18(15)20-17/h1-11H. The maximum Gasteiger partial charge on any atom is 0.135 e. The van der Waals surface area contributed by atoms with E-state index < -0.39 is 0 Å². The van der Waals surface area contributed by atoms with E-state index in [1.54, 1.807) is 0 Å². The zero-order valence-electron chi connectivity index (χ0n) is 10.6. The summed E-state index contributed by atoms with van der Waals surface area (Å²) < 4.78 is 5.96. The molecule has 2 heteroatoms. The van der Waals surface area contributed by atoms with Crippen LogP contribution < -0.4 is 0 Å². The largest absolute Gasteiger partial charge is 0.456 e. The third kappa shape index (κ3) is 1.87. The number of hydrogen-bond donors (Lipinski definition) is 0. The van der Waals surface area contributed by atoms with E-state index in [0.29, 0.717) is 0 Å². The fourth-order valence-corrected chi connectivity index (χ4v) is 2.61. The lowest BCUT2D eigenvalue weighted by Gasteiger charge is -1.96. The van der Waals surface area contributed by atoms with Crippen LogP contribution in [0.2, 0.25) is 5.02 Å². The summed E-state index contributed by atoms with van der Waals surface area (Å²) in [7, 11) is 0. The highest BCUT2D eigenvalue weighted by molar-refractivity contribution is 6.30. The van der Waals surface area contributed by atoms with Crippen LogP contribution in [0.5, 0.6) is 0 Å². The predicted molar refractivity (Wildman–Crippen MR) is 84.2 cm³/mol. The molecule has 0 atom stereocenters. The van der Waals surface area contributed by atoms with Gasteiger partial charge >= 0.3 is 0 Å². The van der Waals surface area contributed by atoms with Crippen LogP contribution in [0.3, 0.4) is 0 Å². The topological polar surface area (TPSA) is 13.1 Å². The van der Waals surface area contributed by atoms with Gasteiger partial charge in [-0.1, -0.05) is 35.9 Å². The van der Waals surface area contributed by atoms with Crippen molar-refractivity contribution in [3.63, 3.8) is 0 Å². The smallest absolute Gasteiger partial charge is 0.135 e. The zero-order valence-corrected chi connectivity index (χ0v) is 11.4. The molecule has 0 N–H and O–H groups in total. The summed E-state index contributed by atoms with van der Waals surface area (Å²) in [6.45, 7) is 0. The number of hydrogen-bond acceptors (Lipinski definition) is 1. The van der Waals surface area contributed by atoms with E-state index in [-0.39, 0.29) is 0 Å². The van der Waals surface area contributed by atoms with E-state index >= 15 is 0 Å². The second kappa shape index (κ2) is 4.39. The fourth-order valence-electron chi connectivity index (χ4n) is 2.48. The molecule has 0 unspecified atom stereocenters. The molecule has 0 saturated carbocycles. The van der Waals surface area contributed by atoms with Crippen LogP contribution in [0.25, 0.3) is 33.1 Å². The molecule has 1 heterocycles. The van der Waals surface area contributed by atoms with Crippen molar-refractivity contribution in [1.29, 1.82) is 0 Å². The highest BCUT2D eigenvalue weighted by Crippen LogP contribution is 2.31. The Bertz CT molecular complexity index is 851. The molecule has 0 bridgehead atoms. The van der Waals surface area contributed by atoms with Crippen molar-refractivity contribution in [1.82, 2.24) is 0 Å². The molecule has 1 nitrogen and oxygen atoms in total. The minimum Gasteiger partial charge on any atom is -0.456 e. The lowest BCUT2D eigenvalue weighted by molar-refractivity contribution is 0.632. The molecule has 20 heavy (non-hydrogen) atoms. The number of benzene rings is 3. The molecule has 0 fully saturated rings. The van der Waals surface area contributed by atoms with Gasteiger partial charge in [-0.15, -0.1) is 0 Å². The Morgan fingerprint density at radius 1 is 0.700 bits per heavy atom. The van der Waals surface area contributed by atoms with Crippen molar-refractivity contribution in [2.24, 2.45) is 0 Å². The van der Waals surface area contributed by atoms with E-state index in [4.69, 9.17) is 16.0 Å². The summed E-state index contributed by atoms with van der Waals surface area (Å²) in [5.74, 6) is 0.868. The van der Waals surface area contributed by atoms with Gasteiger partial charge in [0.05, 0.1) is 0 Å². The molecule has 0 amide bonds. The van der Waals surface area contributed by atoms with Gasteiger partial charge in [0.15, 0.2) is 0 Å². The van der Waals surface area contributed by atoms with Gasteiger partial charge in [0.2, 0.25) is 0 Å². The van der Waals surface area contributed by atoms with Gasteiger partial charge in [0.25, 0.3) is 0 Å². The first-order valence-electron chi connectivity index (χ1n) is 6.48. The first kappa shape index (κ1) is 11.6. The van der Waals surface area contributed by atoms with E-state index in [9.17, 15) is 0 Å². The lowest BCUT2D eigenvalue weighted by atomic mass is 10.1. The second-order valence-electron chi connectivity index (χ2n) is 4.85. The highest BCUT2D eigenvalue weighted by Gasteiger charge is 2.07. The molecule has 1 aromatic heterocycles. The third-order valence-corrected chi connectivity index (χ3v) is 3.77.